The molecule has 0 spiro atoms. The number of rotatable bonds is 3. The molecule has 21 heteroatoms. The molecule has 3 aromatic rings. The van der Waals surface area contributed by atoms with Gasteiger partial charge in [0.05, 0.1) is 25.6 Å². The molecule has 0 amide bonds. The van der Waals surface area contributed by atoms with Gasteiger partial charge in [-0.1, -0.05) is 0 Å². The topological polar surface area (TPSA) is 268 Å². The number of fused-ring (bicyclic) bond motifs is 4. The third-order valence-electron chi connectivity index (χ3n) is 7.17. The Morgan fingerprint density at radius 1 is 1.10 bits per heavy atom. The van der Waals surface area contributed by atoms with Crippen molar-refractivity contribution in [2.75, 3.05) is 24.3 Å². The molecule has 5 heterocycles. The second-order valence-corrected chi connectivity index (χ2v) is 12.9. The number of nitrogens with zero attached hydrogens (tertiary/aromatic N) is 5. The highest BCUT2D eigenvalue weighted by Crippen LogP contribution is 2.54. The van der Waals surface area contributed by atoms with Crippen molar-refractivity contribution in [1.29, 1.82) is 0 Å². The van der Waals surface area contributed by atoms with E-state index in [2.05, 4.69) is 30.2 Å². The second kappa shape index (κ2) is 11.0. The maximum Gasteiger partial charge on any atom is 0.472 e. The first-order valence-corrected chi connectivity index (χ1v) is 15.8. The van der Waals surface area contributed by atoms with Gasteiger partial charge in [-0.15, -0.1) is 0 Å². The molecule has 7 N–H and O–H groups in total. The largest absolute Gasteiger partial charge is 0.472 e. The van der Waals surface area contributed by atoms with Crippen LogP contribution in [0.25, 0.3) is 11.2 Å². The maximum absolute atomic E-state index is 13.1. The lowest BCUT2D eigenvalue weighted by Crippen LogP contribution is -2.35. The van der Waals surface area contributed by atoms with E-state index in [1.807, 2.05) is 0 Å². The van der Waals surface area contributed by atoms with Crippen molar-refractivity contribution >= 4 is 38.6 Å². The molecule has 3 aliphatic rings. The molecule has 3 aromatic heterocycles. The number of aliphatic hydroxyl groups is 1. The van der Waals surface area contributed by atoms with E-state index in [9.17, 15) is 28.8 Å². The molecule has 19 nitrogen and oxygen atoms in total. The number of aromatic nitrogens is 6. The number of ether oxygens (including phenoxy) is 1. The van der Waals surface area contributed by atoms with Crippen molar-refractivity contribution in [2.24, 2.45) is 5.92 Å². The molecule has 1 saturated carbocycles. The summed E-state index contributed by atoms with van der Waals surface area (Å²) >= 11 is 0. The van der Waals surface area contributed by atoms with Crippen LogP contribution in [0.3, 0.4) is 0 Å². The Hall–Kier alpha value is -2.83. The quantitative estimate of drug-likeness (QED) is 0.207. The summed E-state index contributed by atoms with van der Waals surface area (Å²) in [5, 5.41) is 14.2. The van der Waals surface area contributed by atoms with E-state index in [0.717, 1.165) is 6.33 Å². The van der Waals surface area contributed by atoms with Crippen molar-refractivity contribution < 1.29 is 46.9 Å². The number of aromatic amines is 1. The zero-order valence-corrected chi connectivity index (χ0v) is 23.7. The van der Waals surface area contributed by atoms with Crippen LogP contribution in [0.4, 0.5) is 11.8 Å². The predicted octanol–water partition coefficient (Wildman–Crippen LogP) is -0.0328. The van der Waals surface area contributed by atoms with E-state index in [1.165, 1.54) is 4.57 Å². The van der Waals surface area contributed by atoms with Gasteiger partial charge in [0.25, 0.3) is 5.56 Å². The van der Waals surface area contributed by atoms with Crippen LogP contribution in [0, 0.1) is 12.8 Å². The second-order valence-electron chi connectivity index (χ2n) is 10.1. The summed E-state index contributed by atoms with van der Waals surface area (Å²) in [6.45, 7) is 0.659. The van der Waals surface area contributed by atoms with Crippen LogP contribution in [0.5, 0.6) is 0 Å². The van der Waals surface area contributed by atoms with E-state index < -0.39 is 71.0 Å². The van der Waals surface area contributed by atoms with Crippen molar-refractivity contribution in [3.05, 3.63) is 34.8 Å². The summed E-state index contributed by atoms with van der Waals surface area (Å²) in [6, 6.07) is 1.36. The van der Waals surface area contributed by atoms with Gasteiger partial charge in [0, 0.05) is 18.2 Å². The standard InChI is InChI=1S/C21H28N8O11P2/c1-9-23-3-2-14(25-9)26-11-4-10-6-36-42(34,35)40-17-16(30)13(7-37-41(32,33)39-12(10)5-11)38-20(17)29-8-24-15-18(29)27-21(22)28-19(15)31/h2-3,8,10-13,16-17,20,30H,4-7H2,1H3,(H,32,33)(H,34,35)(H,23,25,26)(H3,22,27,28,31)/t10-,11-,12+,13-,16-,17-,20-/m1/s1. The highest BCUT2D eigenvalue weighted by atomic mass is 31.2. The summed E-state index contributed by atoms with van der Waals surface area (Å²) in [4.78, 5) is 52.1. The molecule has 0 radical (unpaired) electrons. The van der Waals surface area contributed by atoms with Crippen molar-refractivity contribution in [3.8, 4) is 0 Å². The molecule has 228 valence electrons. The molecule has 2 bridgehead atoms. The Balaban J connectivity index is 1.27. The van der Waals surface area contributed by atoms with Crippen LogP contribution in [0.2, 0.25) is 0 Å². The Morgan fingerprint density at radius 2 is 1.86 bits per heavy atom. The van der Waals surface area contributed by atoms with Crippen LogP contribution < -0.4 is 16.6 Å². The van der Waals surface area contributed by atoms with E-state index in [1.54, 1.807) is 19.2 Å². The number of phosphoric ester groups is 2. The van der Waals surface area contributed by atoms with Crippen LogP contribution >= 0.6 is 15.6 Å². The van der Waals surface area contributed by atoms with Gasteiger partial charge in [-0.25, -0.2) is 24.1 Å². The van der Waals surface area contributed by atoms with Gasteiger partial charge in [0.2, 0.25) is 5.95 Å². The van der Waals surface area contributed by atoms with Crippen LogP contribution in [0.1, 0.15) is 24.9 Å². The molecular weight excluding hydrogens is 602 g/mol. The minimum atomic E-state index is -4.88. The van der Waals surface area contributed by atoms with Crippen molar-refractivity contribution in [3.63, 3.8) is 0 Å². The van der Waals surface area contributed by atoms with Gasteiger partial charge in [-0.05, 0) is 25.8 Å². The SMILES string of the molecule is Cc1nccc(N[C@@H]2C[C@@H]3COP(=O)(O)O[C@@H]4[C@H](O)[C@@H](COP(=O)(O)O[C@H]3C2)O[C@H]4n2cnc3c(=O)[nH]c(N)nc32)n1. The van der Waals surface area contributed by atoms with Gasteiger partial charge >= 0.3 is 15.6 Å². The lowest BCUT2D eigenvalue weighted by Gasteiger charge is -2.25. The Kier molecular flexibility index (Phi) is 7.68. The van der Waals surface area contributed by atoms with E-state index >= 15 is 0 Å². The number of anilines is 2. The number of aliphatic hydroxyl groups excluding tert-OH is 1. The molecule has 1 aliphatic carbocycles. The number of nitrogen functional groups attached to an aromatic ring is 1. The Morgan fingerprint density at radius 3 is 2.64 bits per heavy atom. The highest BCUT2D eigenvalue weighted by molar-refractivity contribution is 7.47. The third kappa shape index (κ3) is 5.98. The minimum Gasteiger partial charge on any atom is -0.387 e. The molecule has 6 rings (SSSR count). The molecule has 0 aromatic carbocycles. The average Bonchev–Trinajstić information content (AvgIpc) is 3.57. The summed E-state index contributed by atoms with van der Waals surface area (Å²) in [5.41, 5.74) is 4.81. The van der Waals surface area contributed by atoms with E-state index in [0.29, 0.717) is 18.1 Å². The fourth-order valence-corrected chi connectivity index (χ4v) is 7.29. The number of hydrogen-bond acceptors (Lipinski definition) is 15. The lowest BCUT2D eigenvalue weighted by atomic mass is 10.1. The van der Waals surface area contributed by atoms with Gasteiger partial charge < -0.3 is 30.7 Å². The minimum absolute atomic E-state index is 0.0687. The summed E-state index contributed by atoms with van der Waals surface area (Å²) in [6.07, 6.45) is -3.66. The number of nitrogens with one attached hydrogen (secondary N) is 2. The zero-order chi connectivity index (χ0) is 29.8. The van der Waals surface area contributed by atoms with Gasteiger partial charge in [-0.2, -0.15) is 4.98 Å². The first-order valence-electron chi connectivity index (χ1n) is 12.8. The van der Waals surface area contributed by atoms with E-state index in [4.69, 9.17) is 28.6 Å². The monoisotopic (exact) mass is 630 g/mol. The smallest absolute Gasteiger partial charge is 0.387 e. The third-order valence-corrected chi connectivity index (χ3v) is 9.17. The number of nitrogens with two attached hydrogens (primary N) is 1. The van der Waals surface area contributed by atoms with Gasteiger partial charge in [-0.3, -0.25) is 32.4 Å². The zero-order valence-electron chi connectivity index (χ0n) is 21.9. The molecule has 3 fully saturated rings. The normalized spacial score (nSPS) is 37.5. The fraction of sp³-hybridized carbons (Fsp3) is 0.571. The van der Waals surface area contributed by atoms with Gasteiger partial charge in [0.15, 0.2) is 17.4 Å². The molecule has 2 aliphatic heterocycles. The molecule has 42 heavy (non-hydrogen) atoms. The van der Waals surface area contributed by atoms with Crippen LogP contribution in [-0.4, -0.2) is 88.1 Å². The summed E-state index contributed by atoms with van der Waals surface area (Å²) in [7, 11) is -9.61. The highest BCUT2D eigenvalue weighted by Gasteiger charge is 2.51. The number of aryl methyl sites for hydroxylation is 1. The fourth-order valence-electron chi connectivity index (χ4n) is 5.32. The number of H-pyrrole nitrogens is 1. The summed E-state index contributed by atoms with van der Waals surface area (Å²) < 4.78 is 54.4. The molecule has 2 saturated heterocycles. The maximum atomic E-state index is 13.1. The first-order chi connectivity index (χ1) is 19.9. The molecule has 9 atom stereocenters. The lowest BCUT2D eigenvalue weighted by molar-refractivity contribution is -0.0561. The Labute approximate surface area is 236 Å². The number of phosphoric acid groups is 2. The van der Waals surface area contributed by atoms with Crippen molar-refractivity contribution in [1.82, 2.24) is 29.5 Å². The summed E-state index contributed by atoms with van der Waals surface area (Å²) in [5.74, 6) is 0.195. The van der Waals surface area contributed by atoms with Crippen molar-refractivity contribution in [2.45, 2.75) is 56.5 Å². The van der Waals surface area contributed by atoms with Crippen LogP contribution in [0.15, 0.2) is 23.4 Å². The molecule has 2 unspecified atom stereocenters. The first kappa shape index (κ1) is 29.3. The number of imidazole rings is 1. The molecular formula is C21H28N8O11P2. The van der Waals surface area contributed by atoms with E-state index in [-0.39, 0.29) is 29.6 Å². The van der Waals surface area contributed by atoms with Crippen LogP contribution in [-0.2, 0) is 32.0 Å². The predicted molar refractivity (Wildman–Crippen MR) is 141 cm³/mol. The Bertz CT molecular complexity index is 1640. The van der Waals surface area contributed by atoms with Gasteiger partial charge in [0.1, 0.15) is 30.0 Å². The number of hydrogen-bond donors (Lipinski definition) is 6. The average molecular weight is 630 g/mol.